The lowest BCUT2D eigenvalue weighted by Crippen LogP contribution is -1.90. The minimum Gasteiger partial charge on any atom is -0.398 e. The number of hydrogen-bond acceptors (Lipinski definition) is 1. The Balaban J connectivity index is 3.01. The van der Waals surface area contributed by atoms with E-state index in [2.05, 4.69) is 27.8 Å². The number of benzene rings is 1. The largest absolute Gasteiger partial charge is 0.398 e. The molecule has 0 radical (unpaired) electrons. The summed E-state index contributed by atoms with van der Waals surface area (Å²) in [6.45, 7) is 2.01. The molecule has 1 nitrogen and oxygen atoms in total. The van der Waals surface area contributed by atoms with E-state index in [1.807, 2.05) is 25.1 Å². The quantitative estimate of drug-likeness (QED) is 0.408. The topological polar surface area (TPSA) is 26.0 Å². The summed E-state index contributed by atoms with van der Waals surface area (Å²) >= 11 is 3.23. The van der Waals surface area contributed by atoms with Crippen molar-refractivity contribution in [2.45, 2.75) is 6.92 Å². The van der Waals surface area contributed by atoms with Gasteiger partial charge < -0.3 is 5.73 Å². The summed E-state index contributed by atoms with van der Waals surface area (Å²) in [7, 11) is 0. The van der Waals surface area contributed by atoms with Crippen molar-refractivity contribution in [3.63, 3.8) is 0 Å². The number of halogens is 1. The maximum absolute atomic E-state index is 5.74. The normalized spacial score (nSPS) is 8.83. The molecular formula is C10H10BrN. The van der Waals surface area contributed by atoms with Crippen LogP contribution in [-0.4, -0.2) is 5.33 Å². The fraction of sp³-hybridized carbons (Fsp3) is 0.200. The van der Waals surface area contributed by atoms with E-state index in [9.17, 15) is 0 Å². The van der Waals surface area contributed by atoms with Crippen LogP contribution in [-0.2, 0) is 0 Å². The van der Waals surface area contributed by atoms with Gasteiger partial charge in [0.05, 0.1) is 5.33 Å². The Morgan fingerprint density at radius 3 is 2.83 bits per heavy atom. The minimum absolute atomic E-state index is 0.681. The van der Waals surface area contributed by atoms with Gasteiger partial charge in [0.15, 0.2) is 0 Å². The zero-order chi connectivity index (χ0) is 8.97. The standard InChI is InChI=1S/C10H10BrN/c1-8-4-5-9(3-2-6-11)10(12)7-8/h4-5,7H,6,12H2,1H3. The molecule has 0 spiro atoms. The number of hydrogen-bond donors (Lipinski definition) is 1. The maximum Gasteiger partial charge on any atom is 0.0649 e. The van der Waals surface area contributed by atoms with Crippen LogP contribution in [0.3, 0.4) is 0 Å². The summed E-state index contributed by atoms with van der Waals surface area (Å²) in [5.41, 5.74) is 8.56. The van der Waals surface area contributed by atoms with Crippen LogP contribution in [0.1, 0.15) is 11.1 Å². The van der Waals surface area contributed by atoms with E-state index in [-0.39, 0.29) is 0 Å². The molecule has 1 aromatic rings. The van der Waals surface area contributed by atoms with E-state index in [1.165, 1.54) is 0 Å². The third kappa shape index (κ3) is 2.28. The Kier molecular flexibility index (Phi) is 3.19. The lowest BCUT2D eigenvalue weighted by Gasteiger charge is -1.98. The highest BCUT2D eigenvalue weighted by atomic mass is 79.9. The van der Waals surface area contributed by atoms with Crippen LogP contribution in [0.2, 0.25) is 0 Å². The average molecular weight is 224 g/mol. The van der Waals surface area contributed by atoms with Gasteiger partial charge in [0.2, 0.25) is 0 Å². The molecule has 2 heteroatoms. The van der Waals surface area contributed by atoms with Crippen molar-refractivity contribution in [3.05, 3.63) is 29.3 Å². The van der Waals surface area contributed by atoms with Crippen LogP contribution in [0.4, 0.5) is 5.69 Å². The SMILES string of the molecule is Cc1ccc(C#CCBr)c(N)c1. The molecule has 0 aromatic heterocycles. The Hall–Kier alpha value is -0.940. The van der Waals surface area contributed by atoms with E-state index < -0.39 is 0 Å². The van der Waals surface area contributed by atoms with Crippen molar-refractivity contribution in [2.24, 2.45) is 0 Å². The van der Waals surface area contributed by atoms with Crippen molar-refractivity contribution < 1.29 is 0 Å². The molecule has 0 saturated carbocycles. The first-order valence-electron chi connectivity index (χ1n) is 3.65. The van der Waals surface area contributed by atoms with Gasteiger partial charge in [-0.3, -0.25) is 0 Å². The van der Waals surface area contributed by atoms with Crippen LogP contribution in [0.25, 0.3) is 0 Å². The second-order valence-corrected chi connectivity index (χ2v) is 3.09. The molecule has 1 rings (SSSR count). The van der Waals surface area contributed by atoms with Crippen LogP contribution >= 0.6 is 15.9 Å². The average Bonchev–Trinajstić information content (AvgIpc) is 2.03. The maximum atomic E-state index is 5.74. The monoisotopic (exact) mass is 223 g/mol. The lowest BCUT2D eigenvalue weighted by atomic mass is 10.1. The van der Waals surface area contributed by atoms with Gasteiger partial charge >= 0.3 is 0 Å². The first-order valence-corrected chi connectivity index (χ1v) is 4.77. The summed E-state index contributed by atoms with van der Waals surface area (Å²) < 4.78 is 0. The van der Waals surface area contributed by atoms with Crippen molar-refractivity contribution in [1.82, 2.24) is 0 Å². The first-order chi connectivity index (χ1) is 5.74. The summed E-state index contributed by atoms with van der Waals surface area (Å²) in [6.07, 6.45) is 0. The third-order valence-electron chi connectivity index (χ3n) is 1.50. The molecule has 0 atom stereocenters. The molecule has 0 heterocycles. The van der Waals surface area contributed by atoms with Gasteiger partial charge in [0.1, 0.15) is 0 Å². The second kappa shape index (κ2) is 4.18. The fourth-order valence-corrected chi connectivity index (χ4v) is 1.06. The summed E-state index contributed by atoms with van der Waals surface area (Å²) in [5.74, 6) is 5.88. The predicted molar refractivity (Wildman–Crippen MR) is 56.3 cm³/mol. The van der Waals surface area contributed by atoms with Crippen LogP contribution < -0.4 is 5.73 Å². The molecule has 12 heavy (non-hydrogen) atoms. The zero-order valence-corrected chi connectivity index (χ0v) is 8.48. The first kappa shape index (κ1) is 9.15. The van der Waals surface area contributed by atoms with Crippen LogP contribution in [0.5, 0.6) is 0 Å². The molecule has 0 aliphatic carbocycles. The molecule has 0 fully saturated rings. The Bertz CT molecular complexity index is 333. The summed E-state index contributed by atoms with van der Waals surface area (Å²) in [5, 5.41) is 0.681. The summed E-state index contributed by atoms with van der Waals surface area (Å²) in [6, 6.07) is 5.88. The molecule has 0 saturated heterocycles. The Morgan fingerprint density at radius 1 is 1.50 bits per heavy atom. The number of anilines is 1. The Morgan fingerprint density at radius 2 is 2.25 bits per heavy atom. The molecule has 0 amide bonds. The molecule has 62 valence electrons. The highest BCUT2D eigenvalue weighted by Gasteiger charge is 1.93. The highest BCUT2D eigenvalue weighted by Crippen LogP contribution is 2.11. The smallest absolute Gasteiger partial charge is 0.0649 e. The Labute approximate surface area is 81.1 Å². The van der Waals surface area contributed by atoms with E-state index >= 15 is 0 Å². The number of alkyl halides is 1. The highest BCUT2D eigenvalue weighted by molar-refractivity contribution is 9.09. The van der Waals surface area contributed by atoms with E-state index in [0.717, 1.165) is 16.8 Å². The van der Waals surface area contributed by atoms with E-state index in [0.29, 0.717) is 5.33 Å². The van der Waals surface area contributed by atoms with E-state index in [1.54, 1.807) is 0 Å². The van der Waals surface area contributed by atoms with Crippen molar-refractivity contribution in [1.29, 1.82) is 0 Å². The molecule has 0 aliphatic rings. The van der Waals surface area contributed by atoms with Gasteiger partial charge in [0, 0.05) is 11.3 Å². The van der Waals surface area contributed by atoms with Crippen LogP contribution in [0.15, 0.2) is 18.2 Å². The number of rotatable bonds is 0. The molecular weight excluding hydrogens is 214 g/mol. The van der Waals surface area contributed by atoms with Gasteiger partial charge in [-0.05, 0) is 24.6 Å². The zero-order valence-electron chi connectivity index (χ0n) is 6.89. The van der Waals surface area contributed by atoms with Crippen molar-refractivity contribution >= 4 is 21.6 Å². The fourth-order valence-electron chi connectivity index (χ4n) is 0.925. The lowest BCUT2D eigenvalue weighted by molar-refractivity contribution is 1.46. The van der Waals surface area contributed by atoms with Gasteiger partial charge in [-0.25, -0.2) is 0 Å². The van der Waals surface area contributed by atoms with Gasteiger partial charge in [0.25, 0.3) is 0 Å². The third-order valence-corrected chi connectivity index (χ3v) is 1.78. The van der Waals surface area contributed by atoms with E-state index in [4.69, 9.17) is 5.73 Å². The van der Waals surface area contributed by atoms with Gasteiger partial charge in [-0.1, -0.05) is 33.8 Å². The van der Waals surface area contributed by atoms with Crippen LogP contribution in [0, 0.1) is 18.8 Å². The second-order valence-electron chi connectivity index (χ2n) is 2.53. The van der Waals surface area contributed by atoms with Crippen molar-refractivity contribution in [2.75, 3.05) is 11.1 Å². The van der Waals surface area contributed by atoms with Gasteiger partial charge in [-0.15, -0.1) is 0 Å². The summed E-state index contributed by atoms with van der Waals surface area (Å²) in [4.78, 5) is 0. The molecule has 2 N–H and O–H groups in total. The number of aryl methyl sites for hydroxylation is 1. The molecule has 1 aromatic carbocycles. The van der Waals surface area contributed by atoms with Crippen molar-refractivity contribution in [3.8, 4) is 11.8 Å². The molecule has 0 bridgehead atoms. The molecule has 0 aliphatic heterocycles. The van der Waals surface area contributed by atoms with Gasteiger partial charge in [-0.2, -0.15) is 0 Å². The predicted octanol–water partition coefficient (Wildman–Crippen LogP) is 2.32. The number of nitrogen functional groups attached to an aromatic ring is 1. The molecule has 0 unspecified atom stereocenters. The minimum atomic E-state index is 0.681. The number of nitrogens with two attached hydrogens (primary N) is 1.